The maximum Gasteiger partial charge on any atom is 0.265 e. The van der Waals surface area contributed by atoms with Crippen molar-refractivity contribution in [3.63, 3.8) is 0 Å². The molecule has 6 heterocycles. The number of aromatic amines is 1. The molecule has 0 spiro atoms. The van der Waals surface area contributed by atoms with Gasteiger partial charge in [-0.25, -0.2) is 22.8 Å². The fourth-order valence-corrected chi connectivity index (χ4v) is 5.15. The minimum absolute atomic E-state index is 0.101. The molecule has 1 unspecified atom stereocenters. The van der Waals surface area contributed by atoms with Gasteiger partial charge in [-0.1, -0.05) is 6.07 Å². The molecule has 1 N–H and O–H groups in total. The summed E-state index contributed by atoms with van der Waals surface area (Å²) in [4.78, 5) is 23.2. The van der Waals surface area contributed by atoms with E-state index in [-0.39, 0.29) is 11.5 Å². The number of carbonyl (C=O) groups is 1. The standard InChI is InChI=1S/C25H21F2N7O/c26-24(27)16-2-1-8-33-21(16)10-19(31-33)23-22-18(28-13-29-22)7-9-32(23)25(35)17-11-30-34-12-15(14-3-4-14)5-6-20(17)34/h1-2,5-6,8,10-14,23-24H,3-4,7,9H2,(H,28,29). The predicted molar refractivity (Wildman–Crippen MR) is 122 cm³/mol. The molecular weight excluding hydrogens is 452 g/mol. The van der Waals surface area contributed by atoms with E-state index in [0.29, 0.717) is 41.4 Å². The molecule has 1 saturated carbocycles. The zero-order valence-electron chi connectivity index (χ0n) is 18.6. The lowest BCUT2D eigenvalue weighted by molar-refractivity contribution is 0.0689. The number of H-pyrrole nitrogens is 1. The number of amides is 1. The van der Waals surface area contributed by atoms with Gasteiger partial charge in [-0.3, -0.25) is 4.79 Å². The van der Waals surface area contributed by atoms with Crippen molar-refractivity contribution in [1.29, 1.82) is 0 Å². The van der Waals surface area contributed by atoms with Crippen LogP contribution in [0.15, 0.2) is 55.2 Å². The van der Waals surface area contributed by atoms with Crippen LogP contribution in [-0.4, -0.2) is 46.5 Å². The predicted octanol–water partition coefficient (Wildman–Crippen LogP) is 4.31. The average molecular weight is 473 g/mol. The molecular formula is C25H21F2N7O. The topological polar surface area (TPSA) is 83.6 Å². The van der Waals surface area contributed by atoms with Crippen molar-refractivity contribution in [2.45, 2.75) is 37.6 Å². The van der Waals surface area contributed by atoms with E-state index < -0.39 is 12.5 Å². The van der Waals surface area contributed by atoms with Gasteiger partial charge in [0.1, 0.15) is 6.04 Å². The molecule has 7 rings (SSSR count). The van der Waals surface area contributed by atoms with Gasteiger partial charge >= 0.3 is 0 Å². The molecule has 1 amide bonds. The Morgan fingerprint density at radius 3 is 2.86 bits per heavy atom. The first-order valence-electron chi connectivity index (χ1n) is 11.6. The highest BCUT2D eigenvalue weighted by Crippen LogP contribution is 2.40. The second kappa shape index (κ2) is 7.46. The first kappa shape index (κ1) is 20.3. The van der Waals surface area contributed by atoms with Crippen LogP contribution in [0.3, 0.4) is 0 Å². The van der Waals surface area contributed by atoms with Gasteiger partial charge in [0.15, 0.2) is 0 Å². The highest BCUT2D eigenvalue weighted by molar-refractivity contribution is 6.01. The lowest BCUT2D eigenvalue weighted by atomic mass is 9.98. The number of halogens is 2. The smallest absolute Gasteiger partial charge is 0.265 e. The third-order valence-corrected chi connectivity index (χ3v) is 7.07. The lowest BCUT2D eigenvalue weighted by Crippen LogP contribution is -2.41. The van der Waals surface area contributed by atoms with E-state index in [4.69, 9.17) is 0 Å². The molecule has 8 nitrogen and oxygen atoms in total. The summed E-state index contributed by atoms with van der Waals surface area (Å²) in [5.41, 5.74) is 4.77. The van der Waals surface area contributed by atoms with Gasteiger partial charge in [0.05, 0.1) is 40.5 Å². The molecule has 0 aromatic carbocycles. The van der Waals surface area contributed by atoms with Crippen molar-refractivity contribution in [1.82, 2.24) is 34.1 Å². The number of aromatic nitrogens is 6. The largest absolute Gasteiger partial charge is 0.348 e. The van der Waals surface area contributed by atoms with E-state index in [1.807, 2.05) is 12.3 Å². The highest BCUT2D eigenvalue weighted by Gasteiger charge is 2.37. The Balaban J connectivity index is 1.33. The highest BCUT2D eigenvalue weighted by atomic mass is 19.3. The Hall–Kier alpha value is -4.08. The Bertz CT molecular complexity index is 1600. The summed E-state index contributed by atoms with van der Waals surface area (Å²) in [6.45, 7) is 0.436. The summed E-state index contributed by atoms with van der Waals surface area (Å²) >= 11 is 0. The second-order valence-electron chi connectivity index (χ2n) is 9.21. The van der Waals surface area contributed by atoms with Gasteiger partial charge in [-0.05, 0) is 48.6 Å². The number of alkyl halides is 2. The van der Waals surface area contributed by atoms with Crippen molar-refractivity contribution in [2.75, 3.05) is 6.54 Å². The zero-order chi connectivity index (χ0) is 23.7. The van der Waals surface area contributed by atoms with E-state index in [9.17, 15) is 13.6 Å². The Labute approximate surface area is 198 Å². The van der Waals surface area contributed by atoms with Crippen LogP contribution in [0.25, 0.3) is 11.0 Å². The molecule has 35 heavy (non-hydrogen) atoms. The number of hydrogen-bond acceptors (Lipinski definition) is 4. The van der Waals surface area contributed by atoms with E-state index in [1.54, 1.807) is 40.3 Å². The Kier molecular flexibility index (Phi) is 4.33. The second-order valence-corrected chi connectivity index (χ2v) is 9.21. The molecule has 10 heteroatoms. The minimum atomic E-state index is -2.63. The number of fused-ring (bicyclic) bond motifs is 3. The summed E-state index contributed by atoms with van der Waals surface area (Å²) < 4.78 is 30.5. The molecule has 176 valence electrons. The number of hydrogen-bond donors (Lipinski definition) is 1. The summed E-state index contributed by atoms with van der Waals surface area (Å²) in [5, 5.41) is 9.03. The first-order chi connectivity index (χ1) is 17.1. The summed E-state index contributed by atoms with van der Waals surface area (Å²) in [6.07, 6.45) is 7.18. The van der Waals surface area contributed by atoms with Gasteiger partial charge in [-0.15, -0.1) is 0 Å². The number of rotatable bonds is 4. The zero-order valence-corrected chi connectivity index (χ0v) is 18.6. The van der Waals surface area contributed by atoms with Crippen molar-refractivity contribution < 1.29 is 13.6 Å². The van der Waals surface area contributed by atoms with Gasteiger partial charge in [0.2, 0.25) is 0 Å². The molecule has 0 saturated heterocycles. The number of pyridine rings is 2. The van der Waals surface area contributed by atoms with Crippen LogP contribution in [-0.2, 0) is 6.42 Å². The van der Waals surface area contributed by atoms with E-state index in [0.717, 1.165) is 11.2 Å². The molecule has 0 bridgehead atoms. The molecule has 1 atom stereocenters. The van der Waals surface area contributed by atoms with Gasteiger partial charge < -0.3 is 9.88 Å². The van der Waals surface area contributed by atoms with E-state index in [2.05, 4.69) is 26.2 Å². The van der Waals surface area contributed by atoms with Crippen LogP contribution in [0.2, 0.25) is 0 Å². The van der Waals surface area contributed by atoms with Crippen molar-refractivity contribution in [2.24, 2.45) is 0 Å². The van der Waals surface area contributed by atoms with Gasteiger partial charge in [0, 0.05) is 36.6 Å². The SMILES string of the molecule is O=C(c1cnn2cc(C3CC3)ccc12)N1CCc2[nH]cnc2C1c1cc2c(C(F)F)cccn2n1. The third-order valence-electron chi connectivity index (χ3n) is 7.07. The summed E-state index contributed by atoms with van der Waals surface area (Å²) in [7, 11) is 0. The van der Waals surface area contributed by atoms with E-state index >= 15 is 0 Å². The van der Waals surface area contributed by atoms with Crippen LogP contribution in [0.5, 0.6) is 0 Å². The van der Waals surface area contributed by atoms with Crippen LogP contribution in [0.1, 0.15) is 69.8 Å². The summed E-state index contributed by atoms with van der Waals surface area (Å²) in [6, 6.07) is 7.98. The van der Waals surface area contributed by atoms with Crippen molar-refractivity contribution in [3.8, 4) is 0 Å². The minimum Gasteiger partial charge on any atom is -0.348 e. The van der Waals surface area contributed by atoms with Crippen LogP contribution < -0.4 is 0 Å². The fraction of sp³-hybridized carbons (Fsp3) is 0.280. The number of nitrogens with zero attached hydrogens (tertiary/aromatic N) is 6. The fourth-order valence-electron chi connectivity index (χ4n) is 5.15. The van der Waals surface area contributed by atoms with Crippen LogP contribution >= 0.6 is 0 Å². The molecule has 1 aliphatic heterocycles. The summed E-state index contributed by atoms with van der Waals surface area (Å²) in [5.74, 6) is 0.393. The molecule has 2 aliphatic rings. The third kappa shape index (κ3) is 3.16. The molecule has 0 radical (unpaired) electrons. The van der Waals surface area contributed by atoms with Crippen LogP contribution in [0.4, 0.5) is 8.78 Å². The molecule has 5 aromatic rings. The maximum absolute atomic E-state index is 13.9. The lowest BCUT2D eigenvalue weighted by Gasteiger charge is -2.33. The van der Waals surface area contributed by atoms with E-state index in [1.165, 1.54) is 29.0 Å². The van der Waals surface area contributed by atoms with Crippen LogP contribution in [0, 0.1) is 0 Å². The number of imidazole rings is 1. The maximum atomic E-state index is 13.9. The number of carbonyl (C=O) groups excluding carboxylic acids is 1. The molecule has 1 aliphatic carbocycles. The first-order valence-corrected chi connectivity index (χ1v) is 11.6. The van der Waals surface area contributed by atoms with Gasteiger partial charge in [0.25, 0.3) is 12.3 Å². The Morgan fingerprint density at radius 1 is 1.14 bits per heavy atom. The Morgan fingerprint density at radius 2 is 2.03 bits per heavy atom. The van der Waals surface area contributed by atoms with Gasteiger partial charge in [-0.2, -0.15) is 10.2 Å². The normalized spacial score (nSPS) is 18.0. The van der Waals surface area contributed by atoms with Crippen molar-refractivity contribution in [3.05, 3.63) is 89.0 Å². The molecule has 5 aromatic heterocycles. The quantitative estimate of drug-likeness (QED) is 0.422. The number of nitrogens with one attached hydrogen (secondary N) is 1. The van der Waals surface area contributed by atoms with Crippen molar-refractivity contribution >= 4 is 16.9 Å². The monoisotopic (exact) mass is 473 g/mol. The molecule has 1 fully saturated rings. The average Bonchev–Trinajstić information content (AvgIpc) is 3.27.